The lowest BCUT2D eigenvalue weighted by molar-refractivity contribution is -0.143. The van der Waals surface area contributed by atoms with E-state index in [0.717, 1.165) is 6.42 Å². The molecule has 8 heteroatoms. The van der Waals surface area contributed by atoms with E-state index in [1.165, 1.54) is 0 Å². The number of carboxylic acid groups (broad SMARTS) is 1. The fourth-order valence-corrected chi connectivity index (χ4v) is 1.70. The van der Waals surface area contributed by atoms with Gasteiger partial charge in [0.25, 0.3) is 5.91 Å². The van der Waals surface area contributed by atoms with Gasteiger partial charge in [-0.3, -0.25) is 10.1 Å². The van der Waals surface area contributed by atoms with Crippen molar-refractivity contribution in [2.75, 3.05) is 26.4 Å². The largest absolute Gasteiger partial charge is 0.480 e. The molecule has 2 atom stereocenters. The van der Waals surface area contributed by atoms with Crippen LogP contribution >= 0.6 is 0 Å². The summed E-state index contributed by atoms with van der Waals surface area (Å²) in [5.41, 5.74) is 0. The molecule has 108 valence electrons. The van der Waals surface area contributed by atoms with Gasteiger partial charge in [0, 0.05) is 18.6 Å². The van der Waals surface area contributed by atoms with Gasteiger partial charge < -0.3 is 19.9 Å². The molecular weight excluding hydrogens is 256 g/mol. The molecule has 0 aromatic carbocycles. The molecule has 0 aromatic heterocycles. The average molecular weight is 274 g/mol. The summed E-state index contributed by atoms with van der Waals surface area (Å²) in [7, 11) is 0. The highest BCUT2D eigenvalue weighted by atomic mass is 16.5. The van der Waals surface area contributed by atoms with Crippen molar-refractivity contribution in [3.8, 4) is 0 Å². The van der Waals surface area contributed by atoms with Crippen molar-refractivity contribution in [2.24, 2.45) is 5.92 Å². The fraction of sp³-hybridized carbons (Fsp3) is 0.727. The van der Waals surface area contributed by atoms with Crippen molar-refractivity contribution in [1.82, 2.24) is 10.6 Å². The second kappa shape index (κ2) is 7.70. The van der Waals surface area contributed by atoms with Gasteiger partial charge in [0.1, 0.15) is 13.2 Å². The van der Waals surface area contributed by atoms with Crippen LogP contribution in [0.15, 0.2) is 0 Å². The topological polar surface area (TPSA) is 114 Å². The van der Waals surface area contributed by atoms with Gasteiger partial charge >= 0.3 is 12.0 Å². The number of ether oxygens (including phenoxy) is 2. The Bertz CT molecular complexity index is 340. The fourth-order valence-electron chi connectivity index (χ4n) is 1.70. The molecule has 8 nitrogen and oxygen atoms in total. The number of carboxylic acids is 1. The number of imide groups is 1. The highest BCUT2D eigenvalue weighted by molar-refractivity contribution is 5.95. The van der Waals surface area contributed by atoms with Crippen LogP contribution in [-0.4, -0.2) is 55.5 Å². The third-order valence-corrected chi connectivity index (χ3v) is 2.74. The lowest BCUT2D eigenvalue weighted by Crippen LogP contribution is -2.47. The number of urea groups is 1. The standard InChI is InChI=1S/C11H18N2O6/c1-7(8-2-3-18-4-8)12-11(17)13-9(14)5-19-6-10(15)16/h7-8H,2-6H2,1H3,(H,15,16)(H2,12,13,14,17). The van der Waals surface area contributed by atoms with Crippen molar-refractivity contribution in [3.63, 3.8) is 0 Å². The van der Waals surface area contributed by atoms with E-state index in [4.69, 9.17) is 9.84 Å². The Kier molecular flexibility index (Phi) is 6.23. The van der Waals surface area contributed by atoms with Crippen molar-refractivity contribution < 1.29 is 29.0 Å². The monoisotopic (exact) mass is 274 g/mol. The Balaban J connectivity index is 2.18. The second-order valence-electron chi connectivity index (χ2n) is 4.32. The number of amides is 3. The van der Waals surface area contributed by atoms with Crippen LogP contribution < -0.4 is 10.6 Å². The summed E-state index contributed by atoms with van der Waals surface area (Å²) in [5.74, 6) is -1.62. The summed E-state index contributed by atoms with van der Waals surface area (Å²) in [5, 5.41) is 13.0. The molecule has 1 aliphatic rings. The molecule has 1 saturated heterocycles. The lowest BCUT2D eigenvalue weighted by Gasteiger charge is -2.19. The SMILES string of the molecule is CC(NC(=O)NC(=O)COCC(=O)O)C1CCOC1. The maximum Gasteiger partial charge on any atom is 0.329 e. The van der Waals surface area contributed by atoms with Crippen LogP contribution in [0.2, 0.25) is 0 Å². The molecule has 1 heterocycles. The van der Waals surface area contributed by atoms with Gasteiger partial charge in [-0.2, -0.15) is 0 Å². The quantitative estimate of drug-likeness (QED) is 0.592. The molecule has 2 unspecified atom stereocenters. The van der Waals surface area contributed by atoms with Crippen LogP contribution in [0.5, 0.6) is 0 Å². The number of hydrogen-bond acceptors (Lipinski definition) is 5. The highest BCUT2D eigenvalue weighted by Gasteiger charge is 2.23. The van der Waals surface area contributed by atoms with Gasteiger partial charge in [-0.15, -0.1) is 0 Å². The molecular formula is C11H18N2O6. The summed E-state index contributed by atoms with van der Waals surface area (Å²) >= 11 is 0. The molecule has 0 aromatic rings. The first-order valence-corrected chi connectivity index (χ1v) is 5.96. The third-order valence-electron chi connectivity index (χ3n) is 2.74. The number of rotatable bonds is 6. The lowest BCUT2D eigenvalue weighted by atomic mass is 10.0. The number of aliphatic carboxylic acids is 1. The van der Waals surface area contributed by atoms with E-state index >= 15 is 0 Å². The van der Waals surface area contributed by atoms with Crippen LogP contribution in [0, 0.1) is 5.92 Å². The maximum atomic E-state index is 11.5. The van der Waals surface area contributed by atoms with Gasteiger partial charge in [0.15, 0.2) is 0 Å². The first-order chi connectivity index (χ1) is 8.99. The number of nitrogens with one attached hydrogen (secondary N) is 2. The molecule has 1 aliphatic heterocycles. The Labute approximate surface area is 110 Å². The smallest absolute Gasteiger partial charge is 0.329 e. The highest BCUT2D eigenvalue weighted by Crippen LogP contribution is 2.15. The van der Waals surface area contributed by atoms with Crippen LogP contribution in [0.3, 0.4) is 0 Å². The van der Waals surface area contributed by atoms with Crippen LogP contribution in [0.1, 0.15) is 13.3 Å². The summed E-state index contributed by atoms with van der Waals surface area (Å²) in [6.45, 7) is 2.06. The summed E-state index contributed by atoms with van der Waals surface area (Å²) < 4.78 is 9.75. The zero-order valence-electron chi connectivity index (χ0n) is 10.7. The van der Waals surface area contributed by atoms with Gasteiger partial charge in [-0.05, 0) is 13.3 Å². The van der Waals surface area contributed by atoms with Gasteiger partial charge in [-0.25, -0.2) is 9.59 Å². The van der Waals surface area contributed by atoms with Crippen LogP contribution in [0.25, 0.3) is 0 Å². The van der Waals surface area contributed by atoms with Crippen molar-refractivity contribution >= 4 is 17.9 Å². The molecule has 0 aliphatic carbocycles. The minimum atomic E-state index is -1.17. The van der Waals surface area contributed by atoms with E-state index in [1.54, 1.807) is 0 Å². The van der Waals surface area contributed by atoms with Crippen LogP contribution in [0.4, 0.5) is 4.79 Å². The molecule has 0 radical (unpaired) electrons. The Hall–Kier alpha value is -1.67. The molecule has 0 spiro atoms. The van der Waals surface area contributed by atoms with Crippen LogP contribution in [-0.2, 0) is 19.1 Å². The molecule has 1 fully saturated rings. The predicted molar refractivity (Wildman–Crippen MR) is 63.5 cm³/mol. The van der Waals surface area contributed by atoms with E-state index in [1.807, 2.05) is 6.92 Å². The van der Waals surface area contributed by atoms with E-state index in [2.05, 4.69) is 15.4 Å². The number of carbonyl (C=O) groups is 3. The van der Waals surface area contributed by atoms with E-state index < -0.39 is 31.1 Å². The molecule has 3 N–H and O–H groups in total. The van der Waals surface area contributed by atoms with Crippen molar-refractivity contribution in [1.29, 1.82) is 0 Å². The van der Waals surface area contributed by atoms with Gasteiger partial charge in [-0.1, -0.05) is 0 Å². The number of hydrogen-bond donors (Lipinski definition) is 3. The zero-order valence-corrected chi connectivity index (χ0v) is 10.7. The van der Waals surface area contributed by atoms with Crippen molar-refractivity contribution in [2.45, 2.75) is 19.4 Å². The second-order valence-corrected chi connectivity index (χ2v) is 4.32. The minimum absolute atomic E-state index is 0.102. The van der Waals surface area contributed by atoms with Crippen molar-refractivity contribution in [3.05, 3.63) is 0 Å². The molecule has 19 heavy (non-hydrogen) atoms. The normalized spacial score (nSPS) is 19.7. The Morgan fingerprint density at radius 3 is 2.74 bits per heavy atom. The molecule has 0 bridgehead atoms. The first kappa shape index (κ1) is 15.4. The summed E-state index contributed by atoms with van der Waals surface area (Å²) in [6.07, 6.45) is 0.872. The maximum absolute atomic E-state index is 11.5. The predicted octanol–water partition coefficient (Wildman–Crippen LogP) is -0.662. The third kappa shape index (κ3) is 6.16. The molecule has 3 amide bonds. The Morgan fingerprint density at radius 1 is 1.42 bits per heavy atom. The molecule has 0 saturated carbocycles. The van der Waals surface area contributed by atoms with E-state index in [0.29, 0.717) is 13.2 Å². The summed E-state index contributed by atoms with van der Waals surface area (Å²) in [6, 6.07) is -0.724. The van der Waals surface area contributed by atoms with Gasteiger partial charge in [0.2, 0.25) is 0 Å². The number of carbonyl (C=O) groups excluding carboxylic acids is 2. The average Bonchev–Trinajstić information content (AvgIpc) is 2.81. The van der Waals surface area contributed by atoms with E-state index in [-0.39, 0.29) is 12.0 Å². The first-order valence-electron chi connectivity index (χ1n) is 5.96. The minimum Gasteiger partial charge on any atom is -0.480 e. The zero-order chi connectivity index (χ0) is 14.3. The molecule has 1 rings (SSSR count). The van der Waals surface area contributed by atoms with E-state index in [9.17, 15) is 14.4 Å². The summed E-state index contributed by atoms with van der Waals surface area (Å²) in [4.78, 5) is 32.8. The Morgan fingerprint density at radius 2 is 2.16 bits per heavy atom. The van der Waals surface area contributed by atoms with Gasteiger partial charge in [0.05, 0.1) is 6.61 Å².